The molecule has 3 rings (SSSR count). The van der Waals surface area contributed by atoms with Crippen molar-refractivity contribution >= 4 is 7.82 Å². The molecule has 0 unspecified atom stereocenters. The number of phosphoric ester groups is 1. The molecule has 0 aliphatic rings. The fourth-order valence-corrected chi connectivity index (χ4v) is 3.36. The van der Waals surface area contributed by atoms with Gasteiger partial charge in [-0.05, 0) is 60.7 Å². The minimum Gasteiger partial charge on any atom is -0.386 e. The van der Waals surface area contributed by atoms with Crippen LogP contribution in [0.15, 0.2) is 78.9 Å². The van der Waals surface area contributed by atoms with E-state index in [-0.39, 0.29) is 11.5 Å². The SMILES string of the molecule is N#Cc1ccc(OP(=O)(Oc2ccccc2)Oc2ccc(C#N)cc2)cc1. The predicted octanol–water partition coefficient (Wildman–Crippen LogP) is 5.07. The average molecular weight is 376 g/mol. The molecular weight excluding hydrogens is 363 g/mol. The van der Waals surface area contributed by atoms with Crippen LogP contribution in [0.5, 0.6) is 17.2 Å². The van der Waals surface area contributed by atoms with Crippen LogP contribution >= 0.6 is 7.82 Å². The normalized spacial score (nSPS) is 10.3. The van der Waals surface area contributed by atoms with Crippen LogP contribution in [-0.4, -0.2) is 0 Å². The summed E-state index contributed by atoms with van der Waals surface area (Å²) in [5.41, 5.74) is 0.878. The van der Waals surface area contributed by atoms with Crippen LogP contribution in [0.1, 0.15) is 11.1 Å². The first-order valence-corrected chi connectivity index (χ1v) is 9.30. The second-order valence-electron chi connectivity index (χ2n) is 5.31. The van der Waals surface area contributed by atoms with E-state index in [0.717, 1.165) is 0 Å². The van der Waals surface area contributed by atoms with Crippen molar-refractivity contribution < 1.29 is 18.1 Å². The summed E-state index contributed by atoms with van der Waals surface area (Å²) in [6, 6.07) is 24.6. The van der Waals surface area contributed by atoms with Gasteiger partial charge in [-0.1, -0.05) is 18.2 Å². The standard InChI is InChI=1S/C20H13N2O4P/c21-14-16-6-10-19(11-7-16)25-27(23,24-18-4-2-1-3-5-18)26-20-12-8-17(15-22)9-13-20/h1-13H. The smallest absolute Gasteiger partial charge is 0.386 e. The maximum atomic E-state index is 13.2. The molecule has 3 aromatic carbocycles. The Morgan fingerprint density at radius 3 is 1.33 bits per heavy atom. The van der Waals surface area contributed by atoms with Crippen molar-refractivity contribution in [1.82, 2.24) is 0 Å². The lowest BCUT2D eigenvalue weighted by atomic mass is 10.2. The van der Waals surface area contributed by atoms with Gasteiger partial charge in [-0.3, -0.25) is 0 Å². The first-order chi connectivity index (χ1) is 13.1. The number of hydrogen-bond acceptors (Lipinski definition) is 6. The maximum absolute atomic E-state index is 13.2. The third kappa shape index (κ3) is 4.89. The van der Waals surface area contributed by atoms with Crippen LogP contribution in [0.2, 0.25) is 0 Å². The summed E-state index contributed by atoms with van der Waals surface area (Å²) in [6.45, 7) is 0. The van der Waals surface area contributed by atoms with E-state index in [1.165, 1.54) is 48.5 Å². The third-order valence-electron chi connectivity index (χ3n) is 3.36. The van der Waals surface area contributed by atoms with Crippen LogP contribution in [-0.2, 0) is 4.57 Å². The fraction of sp³-hybridized carbons (Fsp3) is 0. The van der Waals surface area contributed by atoms with Gasteiger partial charge in [0.25, 0.3) is 0 Å². The van der Waals surface area contributed by atoms with Crippen molar-refractivity contribution in [2.75, 3.05) is 0 Å². The molecule has 0 heterocycles. The average Bonchev–Trinajstić information content (AvgIpc) is 2.69. The summed E-state index contributed by atoms with van der Waals surface area (Å²) in [7, 11) is -4.10. The van der Waals surface area contributed by atoms with E-state index in [2.05, 4.69) is 0 Å². The number of nitrogens with zero attached hydrogens (tertiary/aromatic N) is 2. The maximum Gasteiger partial charge on any atom is 0.647 e. The molecule has 7 heteroatoms. The van der Waals surface area contributed by atoms with E-state index >= 15 is 0 Å². The minimum absolute atomic E-state index is 0.224. The quantitative estimate of drug-likeness (QED) is 0.557. The molecule has 0 bridgehead atoms. The summed E-state index contributed by atoms with van der Waals surface area (Å²) in [4.78, 5) is 0. The van der Waals surface area contributed by atoms with Gasteiger partial charge in [0.2, 0.25) is 0 Å². The zero-order chi connectivity index (χ0) is 19.1. The largest absolute Gasteiger partial charge is 0.647 e. The van der Waals surface area contributed by atoms with Gasteiger partial charge < -0.3 is 13.6 Å². The highest BCUT2D eigenvalue weighted by Crippen LogP contribution is 2.49. The summed E-state index contributed by atoms with van der Waals surface area (Å²) < 4.78 is 29.7. The zero-order valence-corrected chi connectivity index (χ0v) is 14.9. The molecule has 0 spiro atoms. The molecule has 0 aliphatic heterocycles. The van der Waals surface area contributed by atoms with Crippen molar-refractivity contribution in [1.29, 1.82) is 10.5 Å². The molecule has 0 radical (unpaired) electrons. The molecule has 0 aliphatic carbocycles. The Bertz CT molecular complexity index is 973. The molecule has 0 atom stereocenters. The zero-order valence-electron chi connectivity index (χ0n) is 14.0. The monoisotopic (exact) mass is 376 g/mol. The molecule has 0 N–H and O–H groups in total. The van der Waals surface area contributed by atoms with Crippen LogP contribution in [0.25, 0.3) is 0 Å². The van der Waals surface area contributed by atoms with Crippen molar-refractivity contribution in [2.45, 2.75) is 0 Å². The molecule has 132 valence electrons. The number of rotatable bonds is 6. The van der Waals surface area contributed by atoms with Gasteiger partial charge in [-0.25, -0.2) is 0 Å². The Labute approximate surface area is 156 Å². The van der Waals surface area contributed by atoms with Crippen molar-refractivity contribution in [3.8, 4) is 29.4 Å². The number of nitriles is 2. The van der Waals surface area contributed by atoms with Crippen molar-refractivity contribution in [2.24, 2.45) is 0 Å². The number of para-hydroxylation sites is 1. The Balaban J connectivity index is 1.88. The highest BCUT2D eigenvalue weighted by Gasteiger charge is 2.33. The summed E-state index contributed by atoms with van der Waals surface area (Å²) >= 11 is 0. The van der Waals surface area contributed by atoms with E-state index in [9.17, 15) is 4.57 Å². The first kappa shape index (κ1) is 18.1. The lowest BCUT2D eigenvalue weighted by Crippen LogP contribution is -2.07. The van der Waals surface area contributed by atoms with Gasteiger partial charge in [0.15, 0.2) is 0 Å². The van der Waals surface area contributed by atoms with Gasteiger partial charge in [0.1, 0.15) is 17.2 Å². The summed E-state index contributed by atoms with van der Waals surface area (Å²) in [5, 5.41) is 17.8. The predicted molar refractivity (Wildman–Crippen MR) is 98.2 cm³/mol. The van der Waals surface area contributed by atoms with Crippen molar-refractivity contribution in [3.05, 3.63) is 90.0 Å². The van der Waals surface area contributed by atoms with E-state index in [0.29, 0.717) is 16.9 Å². The highest BCUT2D eigenvalue weighted by molar-refractivity contribution is 7.49. The highest BCUT2D eigenvalue weighted by atomic mass is 31.2. The third-order valence-corrected chi connectivity index (χ3v) is 4.66. The van der Waals surface area contributed by atoms with Gasteiger partial charge in [-0.2, -0.15) is 15.1 Å². The van der Waals surface area contributed by atoms with Gasteiger partial charge in [0.05, 0.1) is 23.3 Å². The Kier molecular flexibility index (Phi) is 5.42. The van der Waals surface area contributed by atoms with E-state index in [1.54, 1.807) is 30.3 Å². The topological polar surface area (TPSA) is 92.3 Å². The summed E-state index contributed by atoms with van der Waals surface area (Å²) in [6.07, 6.45) is 0. The van der Waals surface area contributed by atoms with Gasteiger partial charge >= 0.3 is 7.82 Å². The second-order valence-corrected chi connectivity index (χ2v) is 6.75. The molecule has 6 nitrogen and oxygen atoms in total. The van der Waals surface area contributed by atoms with Crippen LogP contribution in [0.4, 0.5) is 0 Å². The van der Waals surface area contributed by atoms with E-state index in [4.69, 9.17) is 24.1 Å². The molecular formula is C20H13N2O4P. The van der Waals surface area contributed by atoms with Crippen LogP contribution < -0.4 is 13.6 Å². The molecule has 0 saturated heterocycles. The Morgan fingerprint density at radius 2 is 0.963 bits per heavy atom. The fourth-order valence-electron chi connectivity index (χ4n) is 2.11. The molecule has 3 aromatic rings. The van der Waals surface area contributed by atoms with Crippen molar-refractivity contribution in [3.63, 3.8) is 0 Å². The van der Waals surface area contributed by atoms with Gasteiger partial charge in [-0.15, -0.1) is 0 Å². The lowest BCUT2D eigenvalue weighted by Gasteiger charge is -2.19. The van der Waals surface area contributed by atoms with E-state index in [1.807, 2.05) is 12.1 Å². The molecule has 0 amide bonds. The lowest BCUT2D eigenvalue weighted by molar-refractivity contribution is 0.298. The number of phosphoric acid groups is 1. The molecule has 0 aromatic heterocycles. The number of benzene rings is 3. The molecule has 0 fully saturated rings. The number of hydrogen-bond donors (Lipinski definition) is 0. The van der Waals surface area contributed by atoms with Crippen LogP contribution in [0.3, 0.4) is 0 Å². The first-order valence-electron chi connectivity index (χ1n) is 7.84. The Hall–Kier alpha value is -3.73. The van der Waals surface area contributed by atoms with Crippen LogP contribution in [0, 0.1) is 22.7 Å². The minimum atomic E-state index is -4.10. The molecule has 27 heavy (non-hydrogen) atoms. The van der Waals surface area contributed by atoms with Gasteiger partial charge in [0, 0.05) is 0 Å². The summed E-state index contributed by atoms with van der Waals surface area (Å²) in [5.74, 6) is 0.756. The molecule has 0 saturated carbocycles. The second kappa shape index (κ2) is 8.10. The van der Waals surface area contributed by atoms with E-state index < -0.39 is 7.82 Å². The Morgan fingerprint density at radius 1 is 0.593 bits per heavy atom.